The maximum atomic E-state index is 4.68. The first-order valence-electron chi connectivity index (χ1n) is 9.65. The van der Waals surface area contributed by atoms with Gasteiger partial charge in [-0.05, 0) is 33.9 Å². The molecule has 3 aromatic carbocycles. The van der Waals surface area contributed by atoms with Crippen molar-refractivity contribution in [1.82, 2.24) is 9.88 Å². The van der Waals surface area contributed by atoms with Crippen LogP contribution in [-0.2, 0) is 6.54 Å². The first-order valence-corrected chi connectivity index (χ1v) is 9.65. The Morgan fingerprint density at radius 1 is 0.714 bits per heavy atom. The highest BCUT2D eigenvalue weighted by molar-refractivity contribution is 5.92. The SMILES string of the molecule is Cl.c1ccc2cc(CN3CCN(c4nccc5ccccc45)CC3)ccc2c1. The van der Waals surface area contributed by atoms with Gasteiger partial charge in [0.2, 0.25) is 0 Å². The molecule has 1 saturated heterocycles. The van der Waals surface area contributed by atoms with E-state index in [0.29, 0.717) is 0 Å². The van der Waals surface area contributed by atoms with Gasteiger partial charge in [0, 0.05) is 44.3 Å². The van der Waals surface area contributed by atoms with Gasteiger partial charge in [0.05, 0.1) is 0 Å². The molecule has 28 heavy (non-hydrogen) atoms. The molecule has 0 unspecified atom stereocenters. The molecule has 0 amide bonds. The summed E-state index contributed by atoms with van der Waals surface area (Å²) in [7, 11) is 0. The van der Waals surface area contributed by atoms with Gasteiger partial charge in [-0.1, -0.05) is 60.7 Å². The summed E-state index contributed by atoms with van der Waals surface area (Å²) < 4.78 is 0. The zero-order valence-electron chi connectivity index (χ0n) is 15.8. The summed E-state index contributed by atoms with van der Waals surface area (Å²) in [6, 6.07) is 26.0. The topological polar surface area (TPSA) is 19.4 Å². The van der Waals surface area contributed by atoms with Gasteiger partial charge in [0.25, 0.3) is 0 Å². The van der Waals surface area contributed by atoms with Gasteiger partial charge in [-0.3, -0.25) is 4.90 Å². The van der Waals surface area contributed by atoms with Crippen molar-refractivity contribution >= 4 is 39.8 Å². The Morgan fingerprint density at radius 3 is 2.25 bits per heavy atom. The molecule has 0 atom stereocenters. The van der Waals surface area contributed by atoms with Gasteiger partial charge in [-0.2, -0.15) is 0 Å². The second kappa shape index (κ2) is 8.17. The molecule has 142 valence electrons. The van der Waals surface area contributed by atoms with Gasteiger partial charge >= 0.3 is 0 Å². The maximum Gasteiger partial charge on any atom is 0.136 e. The number of aromatic nitrogens is 1. The van der Waals surface area contributed by atoms with E-state index in [1.807, 2.05) is 6.20 Å². The Labute approximate surface area is 172 Å². The standard InChI is InChI=1S/C24H23N3.ClH/c1-2-7-22-17-19(9-10-20(22)5-1)18-26-13-15-27(16-14-26)24-23-8-4-3-6-21(23)11-12-25-24;/h1-12,17H,13-16,18H2;1H. The summed E-state index contributed by atoms with van der Waals surface area (Å²) >= 11 is 0. The van der Waals surface area contributed by atoms with E-state index in [2.05, 4.69) is 87.6 Å². The van der Waals surface area contributed by atoms with Crippen LogP contribution < -0.4 is 4.90 Å². The Bertz CT molecular complexity index is 1080. The second-order valence-corrected chi connectivity index (χ2v) is 7.30. The number of rotatable bonds is 3. The van der Waals surface area contributed by atoms with Crippen LogP contribution in [0, 0.1) is 0 Å². The minimum absolute atomic E-state index is 0. The van der Waals surface area contributed by atoms with Crippen LogP contribution in [0.1, 0.15) is 5.56 Å². The summed E-state index contributed by atoms with van der Waals surface area (Å²) in [6.07, 6.45) is 1.93. The first kappa shape index (κ1) is 18.7. The summed E-state index contributed by atoms with van der Waals surface area (Å²) in [5.41, 5.74) is 1.39. The molecule has 0 radical (unpaired) electrons. The number of anilines is 1. The van der Waals surface area contributed by atoms with E-state index in [0.717, 1.165) is 38.5 Å². The van der Waals surface area contributed by atoms with Crippen molar-refractivity contribution in [1.29, 1.82) is 0 Å². The minimum atomic E-state index is 0. The Morgan fingerprint density at radius 2 is 1.43 bits per heavy atom. The maximum absolute atomic E-state index is 4.68. The third kappa shape index (κ3) is 3.68. The van der Waals surface area contributed by atoms with E-state index >= 15 is 0 Å². The Kier molecular flexibility index (Phi) is 5.47. The molecule has 0 saturated carbocycles. The summed E-state index contributed by atoms with van der Waals surface area (Å²) in [4.78, 5) is 9.66. The molecule has 5 rings (SSSR count). The van der Waals surface area contributed by atoms with Crippen LogP contribution in [-0.4, -0.2) is 36.1 Å². The van der Waals surface area contributed by atoms with Crippen LogP contribution in [0.25, 0.3) is 21.5 Å². The van der Waals surface area contributed by atoms with Crippen LogP contribution in [0.5, 0.6) is 0 Å². The van der Waals surface area contributed by atoms with Gasteiger partial charge < -0.3 is 4.90 Å². The molecule has 0 aliphatic carbocycles. The normalized spacial score (nSPS) is 14.9. The molecule has 0 spiro atoms. The third-order valence-corrected chi connectivity index (χ3v) is 5.54. The van der Waals surface area contributed by atoms with E-state index in [1.165, 1.54) is 27.1 Å². The molecular formula is C24H24ClN3. The van der Waals surface area contributed by atoms with Crippen LogP contribution >= 0.6 is 12.4 Å². The predicted molar refractivity (Wildman–Crippen MR) is 120 cm³/mol. The van der Waals surface area contributed by atoms with E-state index < -0.39 is 0 Å². The number of pyridine rings is 1. The highest BCUT2D eigenvalue weighted by Gasteiger charge is 2.19. The molecule has 0 N–H and O–H groups in total. The smallest absolute Gasteiger partial charge is 0.136 e. The highest BCUT2D eigenvalue weighted by atomic mass is 35.5. The van der Waals surface area contributed by atoms with Crippen molar-refractivity contribution < 1.29 is 0 Å². The number of benzene rings is 3. The fourth-order valence-corrected chi connectivity index (χ4v) is 4.07. The summed E-state index contributed by atoms with van der Waals surface area (Å²) in [5, 5.41) is 5.16. The number of halogens is 1. The molecule has 1 aliphatic rings. The minimum Gasteiger partial charge on any atom is -0.354 e. The van der Waals surface area contributed by atoms with Crippen molar-refractivity contribution in [3.63, 3.8) is 0 Å². The molecule has 0 bridgehead atoms. The molecule has 4 aromatic rings. The molecule has 3 nitrogen and oxygen atoms in total. The first-order chi connectivity index (χ1) is 13.4. The second-order valence-electron chi connectivity index (χ2n) is 7.30. The lowest BCUT2D eigenvalue weighted by molar-refractivity contribution is 0.249. The van der Waals surface area contributed by atoms with Crippen LogP contribution in [0.15, 0.2) is 79.0 Å². The average Bonchev–Trinajstić information content (AvgIpc) is 2.74. The van der Waals surface area contributed by atoms with Crippen molar-refractivity contribution in [2.45, 2.75) is 6.54 Å². The quantitative estimate of drug-likeness (QED) is 0.484. The molecule has 1 fully saturated rings. The highest BCUT2D eigenvalue weighted by Crippen LogP contribution is 2.25. The number of fused-ring (bicyclic) bond motifs is 2. The lowest BCUT2D eigenvalue weighted by Gasteiger charge is -2.36. The lowest BCUT2D eigenvalue weighted by atomic mass is 10.1. The number of hydrogen-bond acceptors (Lipinski definition) is 3. The van der Waals surface area contributed by atoms with E-state index in [9.17, 15) is 0 Å². The van der Waals surface area contributed by atoms with Crippen molar-refractivity contribution in [3.8, 4) is 0 Å². The fraction of sp³-hybridized carbons (Fsp3) is 0.208. The Balaban J connectivity index is 0.00000192. The Hall–Kier alpha value is -2.62. The number of nitrogens with zero attached hydrogens (tertiary/aromatic N) is 3. The molecule has 2 heterocycles. The predicted octanol–water partition coefficient (Wildman–Crippen LogP) is 5.13. The van der Waals surface area contributed by atoms with Gasteiger partial charge in [0.15, 0.2) is 0 Å². The van der Waals surface area contributed by atoms with Crippen LogP contribution in [0.4, 0.5) is 5.82 Å². The average molecular weight is 390 g/mol. The zero-order valence-corrected chi connectivity index (χ0v) is 16.6. The molecule has 1 aliphatic heterocycles. The van der Waals surface area contributed by atoms with E-state index in [1.54, 1.807) is 0 Å². The molecule has 1 aromatic heterocycles. The fourth-order valence-electron chi connectivity index (χ4n) is 4.07. The van der Waals surface area contributed by atoms with Gasteiger partial charge in [-0.15, -0.1) is 12.4 Å². The van der Waals surface area contributed by atoms with Gasteiger partial charge in [-0.25, -0.2) is 4.98 Å². The largest absolute Gasteiger partial charge is 0.354 e. The number of piperazine rings is 1. The summed E-state index contributed by atoms with van der Waals surface area (Å²) in [6.45, 7) is 5.19. The van der Waals surface area contributed by atoms with E-state index in [4.69, 9.17) is 0 Å². The number of hydrogen-bond donors (Lipinski definition) is 0. The molecular weight excluding hydrogens is 366 g/mol. The third-order valence-electron chi connectivity index (χ3n) is 5.54. The lowest BCUT2D eigenvalue weighted by Crippen LogP contribution is -2.46. The summed E-state index contributed by atoms with van der Waals surface area (Å²) in [5.74, 6) is 1.12. The van der Waals surface area contributed by atoms with E-state index in [-0.39, 0.29) is 12.4 Å². The van der Waals surface area contributed by atoms with Crippen LogP contribution in [0.2, 0.25) is 0 Å². The van der Waals surface area contributed by atoms with Crippen molar-refractivity contribution in [3.05, 3.63) is 84.6 Å². The monoisotopic (exact) mass is 389 g/mol. The van der Waals surface area contributed by atoms with Crippen LogP contribution in [0.3, 0.4) is 0 Å². The molecule has 4 heteroatoms. The van der Waals surface area contributed by atoms with Crippen molar-refractivity contribution in [2.75, 3.05) is 31.1 Å². The van der Waals surface area contributed by atoms with Gasteiger partial charge in [0.1, 0.15) is 5.82 Å². The zero-order chi connectivity index (χ0) is 18.1. The van der Waals surface area contributed by atoms with Crippen molar-refractivity contribution in [2.24, 2.45) is 0 Å².